The van der Waals surface area contributed by atoms with E-state index in [4.69, 9.17) is 0 Å². The van der Waals surface area contributed by atoms with Gasteiger partial charge in [-0.05, 0) is 36.4 Å². The molecule has 3 aromatic rings. The van der Waals surface area contributed by atoms with Crippen molar-refractivity contribution in [1.29, 1.82) is 0 Å². The van der Waals surface area contributed by atoms with Crippen LogP contribution in [0.5, 0.6) is 0 Å². The largest absolute Gasteiger partial charge is 0.323 e. The fraction of sp³-hybridized carbons (Fsp3) is 0.118. The molecule has 0 spiro atoms. The summed E-state index contributed by atoms with van der Waals surface area (Å²) in [5.74, 6) is -0.0780. The third-order valence-corrected chi connectivity index (χ3v) is 4.74. The van der Waals surface area contributed by atoms with Crippen molar-refractivity contribution in [3.8, 4) is 0 Å². The molecule has 8 heteroatoms. The topological polar surface area (TPSA) is 83.1 Å². The van der Waals surface area contributed by atoms with Gasteiger partial charge in [0.15, 0.2) is 5.13 Å². The van der Waals surface area contributed by atoms with Crippen LogP contribution in [-0.2, 0) is 4.79 Å². The van der Waals surface area contributed by atoms with Crippen LogP contribution in [0.3, 0.4) is 0 Å². The third-order valence-electron chi connectivity index (χ3n) is 3.30. The predicted octanol–water partition coefficient (Wildman–Crippen LogP) is 5.05. The molecule has 0 aliphatic heterocycles. The Labute approximate surface area is 156 Å². The van der Waals surface area contributed by atoms with Gasteiger partial charge in [0.25, 0.3) is 0 Å². The molecule has 3 rings (SSSR count). The van der Waals surface area contributed by atoms with Crippen molar-refractivity contribution in [3.05, 3.63) is 46.9 Å². The van der Waals surface area contributed by atoms with Crippen molar-refractivity contribution < 1.29 is 9.59 Å². The number of urea groups is 1. The Morgan fingerprint density at radius 1 is 1.08 bits per heavy atom. The molecule has 0 saturated heterocycles. The molecule has 2 aromatic carbocycles. The molecule has 0 bridgehead atoms. The Kier molecular flexibility index (Phi) is 5.30. The summed E-state index contributed by atoms with van der Waals surface area (Å²) in [7, 11) is 0. The van der Waals surface area contributed by atoms with Crippen LogP contribution in [-0.4, -0.2) is 16.9 Å². The number of halogens is 1. The van der Waals surface area contributed by atoms with Gasteiger partial charge in [-0.3, -0.25) is 4.79 Å². The number of aromatic nitrogens is 1. The quantitative estimate of drug-likeness (QED) is 0.553. The minimum absolute atomic E-state index is 0.0780. The van der Waals surface area contributed by atoms with Crippen LogP contribution in [0.1, 0.15) is 13.3 Å². The first-order chi connectivity index (χ1) is 12.0. The summed E-state index contributed by atoms with van der Waals surface area (Å²) in [6.45, 7) is 1.79. The second-order valence-corrected chi connectivity index (χ2v) is 7.14. The minimum atomic E-state index is -0.341. The first-order valence-electron chi connectivity index (χ1n) is 7.57. The van der Waals surface area contributed by atoms with Crippen molar-refractivity contribution in [2.45, 2.75) is 13.3 Å². The molecule has 0 atom stereocenters. The number of nitrogens with one attached hydrogen (secondary N) is 3. The van der Waals surface area contributed by atoms with E-state index in [0.717, 1.165) is 14.7 Å². The highest BCUT2D eigenvalue weighted by Crippen LogP contribution is 2.28. The van der Waals surface area contributed by atoms with Gasteiger partial charge in [-0.1, -0.05) is 40.3 Å². The fourth-order valence-electron chi connectivity index (χ4n) is 2.13. The lowest BCUT2D eigenvalue weighted by molar-refractivity contribution is -0.115. The molecule has 128 valence electrons. The molecule has 3 N–H and O–H groups in total. The number of benzene rings is 2. The van der Waals surface area contributed by atoms with E-state index in [1.54, 1.807) is 25.1 Å². The monoisotopic (exact) mass is 418 g/mol. The molecule has 25 heavy (non-hydrogen) atoms. The summed E-state index contributed by atoms with van der Waals surface area (Å²) in [4.78, 5) is 27.9. The maximum absolute atomic E-state index is 12.1. The molecule has 6 nitrogen and oxygen atoms in total. The van der Waals surface area contributed by atoms with Crippen molar-refractivity contribution in [2.75, 3.05) is 16.0 Å². The van der Waals surface area contributed by atoms with Crippen molar-refractivity contribution >= 4 is 65.9 Å². The first kappa shape index (κ1) is 17.4. The summed E-state index contributed by atoms with van der Waals surface area (Å²) in [6.07, 6.45) is 0.401. The number of amides is 3. The average molecular weight is 419 g/mol. The Morgan fingerprint density at radius 2 is 1.84 bits per heavy atom. The van der Waals surface area contributed by atoms with Crippen molar-refractivity contribution in [1.82, 2.24) is 4.98 Å². The van der Waals surface area contributed by atoms with E-state index in [-0.39, 0.29) is 11.9 Å². The van der Waals surface area contributed by atoms with E-state index < -0.39 is 0 Å². The van der Waals surface area contributed by atoms with Crippen LogP contribution in [0.4, 0.5) is 21.3 Å². The van der Waals surface area contributed by atoms with E-state index in [1.165, 1.54) is 11.3 Å². The molecule has 0 saturated carbocycles. The highest BCUT2D eigenvalue weighted by molar-refractivity contribution is 9.10. The Bertz CT molecular complexity index is 941. The highest BCUT2D eigenvalue weighted by atomic mass is 79.9. The third kappa shape index (κ3) is 4.55. The van der Waals surface area contributed by atoms with Crippen molar-refractivity contribution in [2.24, 2.45) is 0 Å². The summed E-state index contributed by atoms with van der Waals surface area (Å²) >= 11 is 4.76. The average Bonchev–Trinajstić information content (AvgIpc) is 2.96. The van der Waals surface area contributed by atoms with E-state index in [0.29, 0.717) is 22.9 Å². The van der Waals surface area contributed by atoms with Gasteiger partial charge >= 0.3 is 6.03 Å². The highest BCUT2D eigenvalue weighted by Gasteiger charge is 2.09. The lowest BCUT2D eigenvalue weighted by Gasteiger charge is -2.07. The first-order valence-corrected chi connectivity index (χ1v) is 9.18. The second-order valence-electron chi connectivity index (χ2n) is 5.19. The van der Waals surface area contributed by atoms with Gasteiger partial charge in [0.05, 0.1) is 10.2 Å². The molecular formula is C17H15BrN4O2S. The Morgan fingerprint density at radius 3 is 2.56 bits per heavy atom. The zero-order chi connectivity index (χ0) is 17.8. The van der Waals surface area contributed by atoms with Crippen LogP contribution >= 0.6 is 27.3 Å². The molecule has 0 aliphatic rings. The minimum Gasteiger partial charge on any atom is -0.308 e. The SMILES string of the molecule is CCC(=O)Nc1nc2cc(NC(=O)Nc3cccc(Br)c3)ccc2s1. The van der Waals surface area contributed by atoms with Crippen LogP contribution < -0.4 is 16.0 Å². The number of hydrogen-bond acceptors (Lipinski definition) is 4. The molecule has 1 heterocycles. The molecule has 0 unspecified atom stereocenters. The van der Waals surface area contributed by atoms with Crippen LogP contribution in [0.15, 0.2) is 46.9 Å². The van der Waals surface area contributed by atoms with Gasteiger partial charge in [-0.25, -0.2) is 9.78 Å². The summed E-state index contributed by atoms with van der Waals surface area (Å²) in [6, 6.07) is 12.4. The fourth-order valence-corrected chi connectivity index (χ4v) is 3.39. The number of carbonyl (C=O) groups excluding carboxylic acids is 2. The van der Waals surface area contributed by atoms with Gasteiger partial charge < -0.3 is 16.0 Å². The number of fused-ring (bicyclic) bond motifs is 1. The molecule has 0 fully saturated rings. The second kappa shape index (κ2) is 7.62. The molecule has 1 aromatic heterocycles. The lowest BCUT2D eigenvalue weighted by atomic mass is 10.3. The van der Waals surface area contributed by atoms with E-state index in [1.807, 2.05) is 24.3 Å². The number of anilines is 3. The predicted molar refractivity (Wildman–Crippen MR) is 105 cm³/mol. The van der Waals surface area contributed by atoms with Gasteiger partial charge in [0.2, 0.25) is 5.91 Å². The number of hydrogen-bond donors (Lipinski definition) is 3. The summed E-state index contributed by atoms with van der Waals surface area (Å²) < 4.78 is 1.82. The van der Waals surface area contributed by atoms with Crippen LogP contribution in [0.2, 0.25) is 0 Å². The van der Waals surface area contributed by atoms with Gasteiger partial charge in [-0.15, -0.1) is 0 Å². The van der Waals surface area contributed by atoms with Gasteiger partial charge in [-0.2, -0.15) is 0 Å². The van der Waals surface area contributed by atoms with E-state index >= 15 is 0 Å². The number of carbonyl (C=O) groups is 2. The standard InChI is InChI=1S/C17H15BrN4O2S/c1-2-15(23)22-17-21-13-9-12(6-7-14(13)25-17)20-16(24)19-11-5-3-4-10(18)8-11/h3-9H,2H2,1H3,(H2,19,20,24)(H,21,22,23). The maximum Gasteiger partial charge on any atom is 0.323 e. The normalized spacial score (nSPS) is 10.5. The zero-order valence-electron chi connectivity index (χ0n) is 13.3. The van der Waals surface area contributed by atoms with Crippen LogP contribution in [0.25, 0.3) is 10.2 Å². The number of rotatable bonds is 4. The van der Waals surface area contributed by atoms with Gasteiger partial charge in [0, 0.05) is 22.3 Å². The Balaban J connectivity index is 1.70. The molecule has 0 aliphatic carbocycles. The number of thiazole rings is 1. The van der Waals surface area contributed by atoms with Crippen LogP contribution in [0, 0.1) is 0 Å². The summed E-state index contributed by atoms with van der Waals surface area (Å²) in [5, 5.41) is 8.84. The maximum atomic E-state index is 12.1. The summed E-state index contributed by atoms with van der Waals surface area (Å²) in [5.41, 5.74) is 2.03. The lowest BCUT2D eigenvalue weighted by Crippen LogP contribution is -2.19. The van der Waals surface area contributed by atoms with Gasteiger partial charge in [0.1, 0.15) is 0 Å². The molecule has 0 radical (unpaired) electrons. The number of nitrogens with zero attached hydrogens (tertiary/aromatic N) is 1. The Hall–Kier alpha value is -2.45. The van der Waals surface area contributed by atoms with E-state index in [2.05, 4.69) is 36.9 Å². The molecular weight excluding hydrogens is 404 g/mol. The molecule has 3 amide bonds. The van der Waals surface area contributed by atoms with E-state index in [9.17, 15) is 9.59 Å². The van der Waals surface area contributed by atoms with Crippen molar-refractivity contribution in [3.63, 3.8) is 0 Å². The smallest absolute Gasteiger partial charge is 0.308 e. The zero-order valence-corrected chi connectivity index (χ0v) is 15.7.